The molecule has 0 bridgehead atoms. The third-order valence-electron chi connectivity index (χ3n) is 3.23. The summed E-state index contributed by atoms with van der Waals surface area (Å²) in [7, 11) is 1.60. The molecule has 2 aromatic rings. The Morgan fingerprint density at radius 1 is 1.43 bits per heavy atom. The predicted octanol–water partition coefficient (Wildman–Crippen LogP) is 2.23. The lowest BCUT2D eigenvalue weighted by molar-refractivity contribution is -0.114. The highest BCUT2D eigenvalue weighted by Crippen LogP contribution is 2.17. The van der Waals surface area contributed by atoms with E-state index in [0.29, 0.717) is 23.4 Å². The van der Waals surface area contributed by atoms with Crippen LogP contribution in [0.3, 0.4) is 0 Å². The molecule has 2 rings (SSSR count). The number of benzene rings is 1. The van der Waals surface area contributed by atoms with Gasteiger partial charge in [0.1, 0.15) is 6.33 Å². The summed E-state index contributed by atoms with van der Waals surface area (Å²) in [6, 6.07) is 6.95. The summed E-state index contributed by atoms with van der Waals surface area (Å²) in [6.07, 6.45) is 7.08. The molecule has 0 fully saturated rings. The first-order valence-corrected chi connectivity index (χ1v) is 7.12. The smallest absolute Gasteiger partial charge is 0.243 e. The van der Waals surface area contributed by atoms with Gasteiger partial charge < -0.3 is 10.2 Å². The Balaban J connectivity index is 2.06. The molecule has 6 heteroatoms. The van der Waals surface area contributed by atoms with Crippen molar-refractivity contribution in [2.24, 2.45) is 0 Å². The summed E-state index contributed by atoms with van der Waals surface area (Å²) in [4.78, 5) is 21.3. The largest absolute Gasteiger partial charge is 0.348 e. The molecule has 0 aliphatic heterocycles. The Labute approximate surface area is 134 Å². The number of terminal acetylenes is 1. The molecule has 5 nitrogen and oxygen atoms in total. The van der Waals surface area contributed by atoms with E-state index in [1.165, 1.54) is 11.2 Å². The standard InChI is InChI=1S/C17H17FN4O/c1-4-12-7-6-8-13(9-12)21-15(23)10-22(3)17-16(18)14(5-2)19-11-20-17/h1,6-9,11H,5,10H2,2-3H3,(H,21,23). The quantitative estimate of drug-likeness (QED) is 0.860. The van der Waals surface area contributed by atoms with Crippen LogP contribution in [-0.4, -0.2) is 29.5 Å². The first kappa shape index (κ1) is 16.4. The third kappa shape index (κ3) is 4.04. The van der Waals surface area contributed by atoms with Crippen molar-refractivity contribution in [3.05, 3.63) is 47.7 Å². The van der Waals surface area contributed by atoms with Gasteiger partial charge in [-0.15, -0.1) is 6.42 Å². The second-order valence-corrected chi connectivity index (χ2v) is 4.94. The zero-order valence-corrected chi connectivity index (χ0v) is 13.0. The average Bonchev–Trinajstić information content (AvgIpc) is 2.55. The normalized spacial score (nSPS) is 10.0. The van der Waals surface area contributed by atoms with Crippen LogP contribution in [-0.2, 0) is 11.2 Å². The first-order chi connectivity index (χ1) is 11.0. The number of nitrogens with one attached hydrogen (secondary N) is 1. The Morgan fingerprint density at radius 2 is 2.22 bits per heavy atom. The van der Waals surface area contributed by atoms with Crippen LogP contribution in [0.1, 0.15) is 18.2 Å². The highest BCUT2D eigenvalue weighted by molar-refractivity contribution is 5.94. The molecule has 23 heavy (non-hydrogen) atoms. The maximum atomic E-state index is 14.2. The van der Waals surface area contributed by atoms with Gasteiger partial charge >= 0.3 is 0 Å². The number of aryl methyl sites for hydroxylation is 1. The van der Waals surface area contributed by atoms with Gasteiger partial charge in [-0.1, -0.05) is 18.9 Å². The molecule has 0 saturated carbocycles. The minimum absolute atomic E-state index is 0.0443. The molecule has 1 heterocycles. The number of amides is 1. The van der Waals surface area contributed by atoms with E-state index in [1.54, 1.807) is 38.2 Å². The number of aromatic nitrogens is 2. The summed E-state index contributed by atoms with van der Waals surface area (Å²) < 4.78 is 14.2. The number of rotatable bonds is 5. The number of nitrogens with zero attached hydrogens (tertiary/aromatic N) is 3. The van der Waals surface area contributed by atoms with E-state index < -0.39 is 5.82 Å². The van der Waals surface area contributed by atoms with Crippen LogP contribution in [0.4, 0.5) is 15.9 Å². The lowest BCUT2D eigenvalue weighted by Crippen LogP contribution is -2.31. The van der Waals surface area contributed by atoms with Crippen molar-refractivity contribution in [3.63, 3.8) is 0 Å². The van der Waals surface area contributed by atoms with Crippen molar-refractivity contribution < 1.29 is 9.18 Å². The number of likely N-dealkylation sites (N-methyl/N-ethyl adjacent to an activating group) is 1. The summed E-state index contributed by atoms with van der Waals surface area (Å²) in [6.45, 7) is 1.76. The second kappa shape index (κ2) is 7.36. The maximum Gasteiger partial charge on any atom is 0.243 e. The van der Waals surface area contributed by atoms with Gasteiger partial charge in [0, 0.05) is 18.3 Å². The lowest BCUT2D eigenvalue weighted by atomic mass is 10.2. The van der Waals surface area contributed by atoms with Crippen LogP contribution in [0.2, 0.25) is 0 Å². The van der Waals surface area contributed by atoms with E-state index >= 15 is 0 Å². The van der Waals surface area contributed by atoms with Crippen LogP contribution >= 0.6 is 0 Å². The number of anilines is 2. The van der Waals surface area contributed by atoms with Crippen molar-refractivity contribution in [2.45, 2.75) is 13.3 Å². The van der Waals surface area contributed by atoms with Gasteiger partial charge in [-0.05, 0) is 24.6 Å². The molecule has 0 saturated heterocycles. The Bertz CT molecular complexity index is 754. The Kier molecular flexibility index (Phi) is 5.26. The second-order valence-electron chi connectivity index (χ2n) is 4.94. The zero-order chi connectivity index (χ0) is 16.8. The Hall–Kier alpha value is -2.94. The molecule has 1 amide bonds. The van der Waals surface area contributed by atoms with Crippen LogP contribution in [0.15, 0.2) is 30.6 Å². The highest BCUT2D eigenvalue weighted by atomic mass is 19.1. The molecule has 0 unspecified atom stereocenters. The number of hydrogen-bond acceptors (Lipinski definition) is 4. The molecule has 1 aromatic heterocycles. The summed E-state index contributed by atoms with van der Waals surface area (Å²) >= 11 is 0. The molecule has 0 atom stereocenters. The van der Waals surface area contributed by atoms with Crippen molar-refractivity contribution in [1.29, 1.82) is 0 Å². The maximum absolute atomic E-state index is 14.2. The minimum Gasteiger partial charge on any atom is -0.348 e. The molecule has 1 N–H and O–H groups in total. The van der Waals surface area contributed by atoms with Gasteiger partial charge in [-0.2, -0.15) is 0 Å². The van der Waals surface area contributed by atoms with E-state index in [-0.39, 0.29) is 18.3 Å². The number of hydrogen-bond donors (Lipinski definition) is 1. The number of carbonyl (C=O) groups excluding carboxylic acids is 1. The van der Waals surface area contributed by atoms with Crippen LogP contribution in [0.5, 0.6) is 0 Å². The molecule has 1 aromatic carbocycles. The van der Waals surface area contributed by atoms with Gasteiger partial charge in [-0.3, -0.25) is 4.79 Å². The molecule has 0 radical (unpaired) electrons. The molecule has 0 aliphatic carbocycles. The molecular weight excluding hydrogens is 295 g/mol. The van der Waals surface area contributed by atoms with Crippen molar-refractivity contribution in [1.82, 2.24) is 9.97 Å². The monoisotopic (exact) mass is 312 g/mol. The van der Waals surface area contributed by atoms with Gasteiger partial charge in [-0.25, -0.2) is 14.4 Å². The van der Waals surface area contributed by atoms with E-state index in [1.807, 2.05) is 0 Å². The van der Waals surface area contributed by atoms with Crippen LogP contribution in [0, 0.1) is 18.2 Å². The van der Waals surface area contributed by atoms with E-state index in [4.69, 9.17) is 6.42 Å². The van der Waals surface area contributed by atoms with E-state index in [9.17, 15) is 9.18 Å². The van der Waals surface area contributed by atoms with E-state index in [2.05, 4.69) is 21.2 Å². The van der Waals surface area contributed by atoms with Gasteiger partial charge in [0.05, 0.1) is 12.2 Å². The number of carbonyl (C=O) groups is 1. The third-order valence-corrected chi connectivity index (χ3v) is 3.23. The molecule has 118 valence electrons. The number of halogens is 1. The van der Waals surface area contributed by atoms with Gasteiger partial charge in [0.2, 0.25) is 5.91 Å². The summed E-state index contributed by atoms with van der Waals surface area (Å²) in [5.74, 6) is 1.81. The fraction of sp³-hybridized carbons (Fsp3) is 0.235. The van der Waals surface area contributed by atoms with Crippen molar-refractivity contribution in [3.8, 4) is 12.3 Å². The van der Waals surface area contributed by atoms with Crippen LogP contribution < -0.4 is 10.2 Å². The fourth-order valence-electron chi connectivity index (χ4n) is 2.09. The first-order valence-electron chi connectivity index (χ1n) is 7.12. The summed E-state index contributed by atoms with van der Waals surface area (Å²) in [5.41, 5.74) is 1.59. The van der Waals surface area contributed by atoms with Crippen LogP contribution in [0.25, 0.3) is 0 Å². The fourth-order valence-corrected chi connectivity index (χ4v) is 2.09. The zero-order valence-electron chi connectivity index (χ0n) is 13.0. The molecule has 0 aliphatic rings. The molecule has 0 spiro atoms. The van der Waals surface area contributed by atoms with Crippen molar-refractivity contribution in [2.75, 3.05) is 23.8 Å². The minimum atomic E-state index is -0.500. The highest BCUT2D eigenvalue weighted by Gasteiger charge is 2.16. The van der Waals surface area contributed by atoms with Gasteiger partial charge in [0.15, 0.2) is 11.6 Å². The Morgan fingerprint density at radius 3 is 2.91 bits per heavy atom. The predicted molar refractivity (Wildman–Crippen MR) is 87.6 cm³/mol. The lowest BCUT2D eigenvalue weighted by Gasteiger charge is -2.18. The van der Waals surface area contributed by atoms with Crippen molar-refractivity contribution >= 4 is 17.4 Å². The van der Waals surface area contributed by atoms with E-state index in [0.717, 1.165) is 0 Å². The average molecular weight is 312 g/mol. The topological polar surface area (TPSA) is 58.1 Å². The SMILES string of the molecule is C#Cc1cccc(NC(=O)CN(C)c2ncnc(CC)c2F)c1. The summed E-state index contributed by atoms with van der Waals surface area (Å²) in [5, 5.41) is 2.72. The molecular formula is C17H17FN4O. The van der Waals surface area contributed by atoms with Gasteiger partial charge in [0.25, 0.3) is 0 Å².